The van der Waals surface area contributed by atoms with Gasteiger partial charge in [-0.1, -0.05) is 6.92 Å². The zero-order valence-corrected chi connectivity index (χ0v) is 6.61. The van der Waals surface area contributed by atoms with Crippen molar-refractivity contribution in [1.82, 2.24) is 0 Å². The van der Waals surface area contributed by atoms with Crippen LogP contribution in [-0.4, -0.2) is 24.4 Å². The second-order valence-electron chi connectivity index (χ2n) is 1.93. The molecule has 0 unspecified atom stereocenters. The minimum Gasteiger partial charge on any atom is -0.466 e. The van der Waals surface area contributed by atoms with Crippen molar-refractivity contribution in [1.29, 1.82) is 0 Å². The van der Waals surface area contributed by atoms with Gasteiger partial charge < -0.3 is 4.74 Å². The molecule has 0 fully saturated rings. The largest absolute Gasteiger partial charge is 0.466 e. The van der Waals surface area contributed by atoms with Crippen molar-refractivity contribution in [3.05, 3.63) is 12.2 Å². The lowest BCUT2D eigenvalue weighted by Gasteiger charge is -2.02. The third kappa shape index (κ3) is 4.52. The molecule has 0 radical (unpaired) electrons. The molecule has 0 aromatic carbocycles. The smallest absolute Gasteiger partial charge is 0.330 e. The van der Waals surface area contributed by atoms with Crippen LogP contribution in [0.4, 0.5) is 0 Å². The van der Waals surface area contributed by atoms with Gasteiger partial charge in [-0.2, -0.15) is 0 Å². The second kappa shape index (κ2) is 5.88. The highest BCUT2D eigenvalue weighted by Gasteiger charge is 2.00. The average Bonchev–Trinajstić information content (AvgIpc) is 2.06. The first kappa shape index (κ1) is 10.1. The Morgan fingerprint density at radius 3 is 2.73 bits per heavy atom. The molecule has 4 heteroatoms. The summed E-state index contributed by atoms with van der Waals surface area (Å²) in [5, 5.41) is 8.21. The normalized spacial score (nSPS) is 13.4. The number of carbonyl (C=O) groups is 1. The van der Waals surface area contributed by atoms with Gasteiger partial charge in [0.1, 0.15) is 6.10 Å². The van der Waals surface area contributed by atoms with E-state index in [0.29, 0.717) is 6.42 Å². The number of hydrogen-bond donors (Lipinski definition) is 1. The summed E-state index contributed by atoms with van der Waals surface area (Å²) in [6, 6.07) is 0. The SMILES string of the molecule is CC[C@H](/C=C/C(=O)OC)OO. The van der Waals surface area contributed by atoms with E-state index < -0.39 is 12.1 Å². The quantitative estimate of drug-likeness (QED) is 0.288. The van der Waals surface area contributed by atoms with Crippen molar-refractivity contribution in [3.8, 4) is 0 Å². The molecule has 0 amide bonds. The van der Waals surface area contributed by atoms with Crippen LogP contribution in [0.25, 0.3) is 0 Å². The van der Waals surface area contributed by atoms with E-state index in [4.69, 9.17) is 5.26 Å². The number of methoxy groups -OCH3 is 1. The maximum absolute atomic E-state index is 10.5. The number of ether oxygens (including phenoxy) is 1. The first-order valence-corrected chi connectivity index (χ1v) is 3.31. The maximum atomic E-state index is 10.5. The Labute approximate surface area is 65.4 Å². The van der Waals surface area contributed by atoms with E-state index >= 15 is 0 Å². The third-order valence-corrected chi connectivity index (χ3v) is 1.19. The highest BCUT2D eigenvalue weighted by atomic mass is 17.1. The molecule has 1 atom stereocenters. The fourth-order valence-corrected chi connectivity index (χ4v) is 0.500. The summed E-state index contributed by atoms with van der Waals surface area (Å²) in [5.74, 6) is -0.458. The Morgan fingerprint density at radius 2 is 2.36 bits per heavy atom. The van der Waals surface area contributed by atoms with Crippen LogP contribution in [0, 0.1) is 0 Å². The van der Waals surface area contributed by atoms with Gasteiger partial charge in [0.05, 0.1) is 7.11 Å². The summed E-state index contributed by atoms with van der Waals surface area (Å²) >= 11 is 0. The van der Waals surface area contributed by atoms with Gasteiger partial charge in [0.25, 0.3) is 0 Å². The van der Waals surface area contributed by atoms with Crippen LogP contribution in [0.5, 0.6) is 0 Å². The zero-order chi connectivity index (χ0) is 8.69. The molecule has 4 nitrogen and oxygen atoms in total. The third-order valence-electron chi connectivity index (χ3n) is 1.19. The molecule has 64 valence electrons. The van der Waals surface area contributed by atoms with Crippen molar-refractivity contribution >= 4 is 5.97 Å². The predicted molar refractivity (Wildman–Crippen MR) is 38.9 cm³/mol. The maximum Gasteiger partial charge on any atom is 0.330 e. The van der Waals surface area contributed by atoms with E-state index in [2.05, 4.69) is 9.62 Å². The topological polar surface area (TPSA) is 55.8 Å². The van der Waals surface area contributed by atoms with E-state index in [0.717, 1.165) is 0 Å². The summed E-state index contributed by atoms with van der Waals surface area (Å²) < 4.78 is 4.33. The Kier molecular flexibility index (Phi) is 5.42. The van der Waals surface area contributed by atoms with Crippen LogP contribution in [0.3, 0.4) is 0 Å². The van der Waals surface area contributed by atoms with Gasteiger partial charge in [-0.3, -0.25) is 5.26 Å². The van der Waals surface area contributed by atoms with Crippen LogP contribution in [0.1, 0.15) is 13.3 Å². The molecule has 0 bridgehead atoms. The minimum absolute atomic E-state index is 0.436. The molecule has 0 spiro atoms. The standard InChI is InChI=1S/C7H12O4/c1-3-6(11-9)4-5-7(8)10-2/h4-6,9H,3H2,1-2H3/b5-4+/t6-/m1/s1. The Morgan fingerprint density at radius 1 is 1.73 bits per heavy atom. The molecule has 0 aliphatic rings. The number of hydrogen-bond acceptors (Lipinski definition) is 4. The Balaban J connectivity index is 3.78. The lowest BCUT2D eigenvalue weighted by molar-refractivity contribution is -0.266. The first-order chi connectivity index (χ1) is 5.24. The van der Waals surface area contributed by atoms with Crippen LogP contribution in [-0.2, 0) is 14.4 Å². The molecule has 0 saturated carbocycles. The molecule has 0 heterocycles. The molecule has 0 aromatic rings. The summed E-state index contributed by atoms with van der Waals surface area (Å²) in [6.07, 6.45) is 2.81. The van der Waals surface area contributed by atoms with Gasteiger partial charge in [-0.15, -0.1) is 0 Å². The Hall–Kier alpha value is -0.870. The van der Waals surface area contributed by atoms with Crippen LogP contribution >= 0.6 is 0 Å². The van der Waals surface area contributed by atoms with Gasteiger partial charge in [0.2, 0.25) is 0 Å². The fourth-order valence-electron chi connectivity index (χ4n) is 0.500. The first-order valence-electron chi connectivity index (χ1n) is 3.31. The van der Waals surface area contributed by atoms with Gasteiger partial charge >= 0.3 is 5.97 Å². The van der Waals surface area contributed by atoms with Crippen molar-refractivity contribution in [2.75, 3.05) is 7.11 Å². The highest BCUT2D eigenvalue weighted by Crippen LogP contribution is 1.97. The summed E-state index contributed by atoms with van der Waals surface area (Å²) in [6.45, 7) is 1.82. The molecule has 0 saturated heterocycles. The van der Waals surface area contributed by atoms with E-state index in [9.17, 15) is 4.79 Å². The van der Waals surface area contributed by atoms with Crippen molar-refractivity contribution in [2.24, 2.45) is 0 Å². The highest BCUT2D eigenvalue weighted by molar-refractivity contribution is 5.81. The monoisotopic (exact) mass is 160 g/mol. The molecule has 0 aliphatic heterocycles. The van der Waals surface area contributed by atoms with Crippen molar-refractivity contribution in [3.63, 3.8) is 0 Å². The molecular weight excluding hydrogens is 148 g/mol. The van der Waals surface area contributed by atoms with Crippen LogP contribution < -0.4 is 0 Å². The second-order valence-corrected chi connectivity index (χ2v) is 1.93. The molecule has 0 aliphatic carbocycles. The van der Waals surface area contributed by atoms with Gasteiger partial charge in [-0.05, 0) is 12.5 Å². The summed E-state index contributed by atoms with van der Waals surface area (Å²) in [7, 11) is 1.29. The molecule has 0 rings (SSSR count). The molecule has 0 aromatic heterocycles. The number of rotatable bonds is 4. The zero-order valence-electron chi connectivity index (χ0n) is 6.61. The van der Waals surface area contributed by atoms with Gasteiger partial charge in [0.15, 0.2) is 0 Å². The fraction of sp³-hybridized carbons (Fsp3) is 0.571. The number of esters is 1. The van der Waals surface area contributed by atoms with Crippen molar-refractivity contribution < 1.29 is 19.7 Å². The van der Waals surface area contributed by atoms with Crippen LogP contribution in [0.15, 0.2) is 12.2 Å². The van der Waals surface area contributed by atoms with Gasteiger partial charge in [-0.25, -0.2) is 9.68 Å². The van der Waals surface area contributed by atoms with E-state index in [1.807, 2.05) is 6.92 Å². The molecule has 11 heavy (non-hydrogen) atoms. The molecule has 1 N–H and O–H groups in total. The lowest BCUT2D eigenvalue weighted by Crippen LogP contribution is -2.06. The minimum atomic E-state index is -0.458. The lowest BCUT2D eigenvalue weighted by atomic mass is 10.2. The predicted octanol–water partition coefficient (Wildman–Crippen LogP) is 0.984. The van der Waals surface area contributed by atoms with Crippen molar-refractivity contribution in [2.45, 2.75) is 19.4 Å². The van der Waals surface area contributed by atoms with E-state index in [1.165, 1.54) is 19.3 Å². The van der Waals surface area contributed by atoms with E-state index in [1.54, 1.807) is 0 Å². The Bertz CT molecular complexity index is 137. The molecular formula is C7H12O4. The number of carbonyl (C=O) groups excluding carboxylic acids is 1. The van der Waals surface area contributed by atoms with E-state index in [-0.39, 0.29) is 0 Å². The average molecular weight is 160 g/mol. The summed E-state index contributed by atoms with van der Waals surface area (Å²) in [5.41, 5.74) is 0. The van der Waals surface area contributed by atoms with Gasteiger partial charge in [0, 0.05) is 6.08 Å². The summed E-state index contributed by atoms with van der Waals surface area (Å²) in [4.78, 5) is 14.5. The van der Waals surface area contributed by atoms with Crippen LogP contribution in [0.2, 0.25) is 0 Å².